The van der Waals surface area contributed by atoms with Gasteiger partial charge in [-0.2, -0.15) is 0 Å². The molecule has 20 heavy (non-hydrogen) atoms. The van der Waals surface area contributed by atoms with Crippen molar-refractivity contribution in [1.29, 1.82) is 0 Å². The lowest BCUT2D eigenvalue weighted by Crippen LogP contribution is -2.44. The van der Waals surface area contributed by atoms with E-state index in [0.717, 1.165) is 50.0 Å². The summed E-state index contributed by atoms with van der Waals surface area (Å²) >= 11 is 12.1. The van der Waals surface area contributed by atoms with E-state index in [-0.39, 0.29) is 0 Å². The van der Waals surface area contributed by atoms with Crippen LogP contribution in [0, 0.1) is 0 Å². The summed E-state index contributed by atoms with van der Waals surface area (Å²) in [5, 5.41) is 0.758. The Morgan fingerprint density at radius 1 is 1.20 bits per heavy atom. The first kappa shape index (κ1) is 14.5. The van der Waals surface area contributed by atoms with Crippen LogP contribution in [0.2, 0.25) is 5.02 Å². The van der Waals surface area contributed by atoms with Crippen molar-refractivity contribution in [2.24, 2.45) is 0 Å². The van der Waals surface area contributed by atoms with Crippen molar-refractivity contribution in [3.8, 4) is 0 Å². The molecular weight excluding hydrogens is 295 g/mol. The minimum absolute atomic E-state index is 0.509. The highest BCUT2D eigenvalue weighted by atomic mass is 35.5. The second-order valence-corrected chi connectivity index (χ2v) is 6.15. The number of halogens is 2. The largest absolute Gasteiger partial charge is 0.379 e. The van der Waals surface area contributed by atoms with E-state index in [4.69, 9.17) is 27.9 Å². The zero-order chi connectivity index (χ0) is 13.9. The molecule has 1 unspecified atom stereocenters. The topological polar surface area (TPSA) is 15.7 Å². The summed E-state index contributed by atoms with van der Waals surface area (Å²) < 4.78 is 5.43. The Balaban J connectivity index is 1.70. The quantitative estimate of drug-likeness (QED) is 0.798. The number of nitrogens with zero attached hydrogens (tertiary/aromatic N) is 2. The van der Waals surface area contributed by atoms with Crippen LogP contribution in [0.25, 0.3) is 0 Å². The predicted octanol–water partition coefficient (Wildman–Crippen LogP) is 2.99. The molecule has 2 fully saturated rings. The molecule has 0 N–H and O–H groups in total. The molecule has 2 aliphatic heterocycles. The van der Waals surface area contributed by atoms with Gasteiger partial charge in [0.2, 0.25) is 0 Å². The number of alkyl halides is 1. The van der Waals surface area contributed by atoms with Crippen molar-refractivity contribution in [2.75, 3.05) is 44.3 Å². The van der Waals surface area contributed by atoms with Crippen LogP contribution in [-0.2, 0) is 10.6 Å². The van der Waals surface area contributed by atoms with E-state index in [2.05, 4.69) is 15.9 Å². The van der Waals surface area contributed by atoms with Gasteiger partial charge in [-0.15, -0.1) is 11.6 Å². The maximum absolute atomic E-state index is 6.06. The number of anilines is 1. The van der Waals surface area contributed by atoms with Gasteiger partial charge in [0.25, 0.3) is 0 Å². The number of benzene rings is 1. The van der Waals surface area contributed by atoms with Gasteiger partial charge in [-0.05, 0) is 30.2 Å². The third-order valence-corrected chi connectivity index (χ3v) is 4.77. The second kappa shape index (κ2) is 6.52. The van der Waals surface area contributed by atoms with Gasteiger partial charge in [0.1, 0.15) is 0 Å². The molecule has 2 heterocycles. The monoisotopic (exact) mass is 314 g/mol. The van der Waals surface area contributed by atoms with Gasteiger partial charge in [-0.3, -0.25) is 4.90 Å². The molecule has 0 aromatic heterocycles. The van der Waals surface area contributed by atoms with Gasteiger partial charge >= 0.3 is 0 Å². The highest BCUT2D eigenvalue weighted by Crippen LogP contribution is 2.30. The van der Waals surface area contributed by atoms with E-state index in [1.165, 1.54) is 12.1 Å². The van der Waals surface area contributed by atoms with Crippen molar-refractivity contribution in [2.45, 2.75) is 18.3 Å². The van der Waals surface area contributed by atoms with Crippen LogP contribution < -0.4 is 4.90 Å². The van der Waals surface area contributed by atoms with E-state index in [9.17, 15) is 0 Å². The van der Waals surface area contributed by atoms with Gasteiger partial charge < -0.3 is 9.64 Å². The normalized spacial score (nSPS) is 24.3. The van der Waals surface area contributed by atoms with Crippen LogP contribution in [-0.4, -0.2) is 50.3 Å². The van der Waals surface area contributed by atoms with E-state index >= 15 is 0 Å². The van der Waals surface area contributed by atoms with Gasteiger partial charge in [-0.1, -0.05) is 11.6 Å². The maximum atomic E-state index is 6.06. The van der Waals surface area contributed by atoms with Gasteiger partial charge in [0, 0.05) is 48.8 Å². The van der Waals surface area contributed by atoms with E-state index in [0.29, 0.717) is 11.9 Å². The van der Waals surface area contributed by atoms with Crippen molar-refractivity contribution in [1.82, 2.24) is 4.90 Å². The fourth-order valence-electron chi connectivity index (χ4n) is 3.17. The summed E-state index contributed by atoms with van der Waals surface area (Å²) in [6.45, 7) is 6.01. The van der Waals surface area contributed by atoms with Crippen molar-refractivity contribution in [3.05, 3.63) is 28.8 Å². The molecule has 0 amide bonds. The van der Waals surface area contributed by atoms with Gasteiger partial charge in [0.15, 0.2) is 0 Å². The molecule has 0 saturated carbocycles. The minimum atomic E-state index is 0.509. The number of hydrogen-bond donors (Lipinski definition) is 0. The van der Waals surface area contributed by atoms with Crippen LogP contribution in [0.3, 0.4) is 0 Å². The van der Waals surface area contributed by atoms with Crippen LogP contribution in [0.4, 0.5) is 5.69 Å². The van der Waals surface area contributed by atoms with Gasteiger partial charge in [-0.25, -0.2) is 0 Å². The lowest BCUT2D eigenvalue weighted by Gasteiger charge is -2.32. The average molecular weight is 315 g/mol. The molecule has 2 saturated heterocycles. The van der Waals surface area contributed by atoms with Crippen LogP contribution >= 0.6 is 23.2 Å². The zero-order valence-corrected chi connectivity index (χ0v) is 13.0. The van der Waals surface area contributed by atoms with Crippen molar-refractivity contribution in [3.63, 3.8) is 0 Å². The predicted molar refractivity (Wildman–Crippen MR) is 84.0 cm³/mol. The van der Waals surface area contributed by atoms with E-state index in [1.807, 2.05) is 12.1 Å². The Kier molecular flexibility index (Phi) is 4.72. The molecule has 110 valence electrons. The summed E-state index contributed by atoms with van der Waals surface area (Å²) in [6.07, 6.45) is 1.21. The summed E-state index contributed by atoms with van der Waals surface area (Å²) in [7, 11) is 0. The van der Waals surface area contributed by atoms with Crippen molar-refractivity contribution >= 4 is 28.9 Å². The Labute approximate surface area is 130 Å². The average Bonchev–Trinajstić information content (AvgIpc) is 2.97. The molecule has 5 heteroatoms. The molecule has 3 nitrogen and oxygen atoms in total. The van der Waals surface area contributed by atoms with Gasteiger partial charge in [0.05, 0.1) is 13.2 Å². The number of rotatable bonds is 3. The first-order valence-electron chi connectivity index (χ1n) is 7.19. The summed E-state index contributed by atoms with van der Waals surface area (Å²) in [4.78, 5) is 4.99. The minimum Gasteiger partial charge on any atom is -0.379 e. The molecule has 3 rings (SSSR count). The van der Waals surface area contributed by atoms with Crippen LogP contribution in [0.15, 0.2) is 18.2 Å². The first-order valence-corrected chi connectivity index (χ1v) is 8.10. The summed E-state index contributed by atoms with van der Waals surface area (Å²) in [5.74, 6) is 0.509. The third-order valence-electron chi connectivity index (χ3n) is 4.25. The Bertz CT molecular complexity index is 463. The van der Waals surface area contributed by atoms with Crippen molar-refractivity contribution < 1.29 is 4.74 Å². The maximum Gasteiger partial charge on any atom is 0.0594 e. The van der Waals surface area contributed by atoms with Crippen LogP contribution in [0.5, 0.6) is 0 Å². The highest BCUT2D eigenvalue weighted by Gasteiger charge is 2.29. The molecular formula is C15H20Cl2N2O. The molecule has 1 atom stereocenters. The Morgan fingerprint density at radius 2 is 2.00 bits per heavy atom. The standard InChI is InChI=1S/C15H20Cl2N2O/c16-10-12-9-13(17)1-2-15(12)19-4-3-14(11-19)18-5-7-20-8-6-18/h1-2,9,14H,3-8,10-11H2. The Morgan fingerprint density at radius 3 is 2.75 bits per heavy atom. The first-order chi connectivity index (χ1) is 9.78. The SMILES string of the molecule is ClCc1cc(Cl)ccc1N1CCC(N2CCOCC2)C1. The molecule has 0 bridgehead atoms. The second-order valence-electron chi connectivity index (χ2n) is 5.44. The fourth-order valence-corrected chi connectivity index (χ4v) is 3.58. The fraction of sp³-hybridized carbons (Fsp3) is 0.600. The molecule has 0 radical (unpaired) electrons. The van der Waals surface area contributed by atoms with E-state index in [1.54, 1.807) is 0 Å². The molecule has 0 aliphatic carbocycles. The molecule has 1 aromatic rings. The molecule has 2 aliphatic rings. The van der Waals surface area contributed by atoms with E-state index < -0.39 is 0 Å². The third kappa shape index (κ3) is 3.06. The van der Waals surface area contributed by atoms with Crippen LogP contribution in [0.1, 0.15) is 12.0 Å². The molecule has 0 spiro atoms. The smallest absolute Gasteiger partial charge is 0.0594 e. The lowest BCUT2D eigenvalue weighted by molar-refractivity contribution is 0.0209. The number of hydrogen-bond acceptors (Lipinski definition) is 3. The summed E-state index contributed by atoms with van der Waals surface area (Å²) in [6, 6.07) is 6.67. The Hall–Kier alpha value is -0.480. The highest BCUT2D eigenvalue weighted by molar-refractivity contribution is 6.30. The zero-order valence-electron chi connectivity index (χ0n) is 11.5. The summed E-state index contributed by atoms with van der Waals surface area (Å²) in [5.41, 5.74) is 2.36. The number of ether oxygens (including phenoxy) is 1. The number of morpholine rings is 1. The molecule has 1 aromatic carbocycles. The lowest BCUT2D eigenvalue weighted by atomic mass is 10.2.